The van der Waals surface area contributed by atoms with E-state index in [0.29, 0.717) is 51.9 Å². The first-order chi connectivity index (χ1) is 47.2. The minimum Gasteiger partial charge on any atom is -0.507 e. The molecule has 7 aromatic carbocycles. The molecule has 1 aliphatic rings. The van der Waals surface area contributed by atoms with E-state index in [9.17, 15) is 39.3 Å². The lowest BCUT2D eigenvalue weighted by atomic mass is 10.1. The molecule has 0 saturated carbocycles. The maximum Gasteiger partial charge on any atom is 0.436 e. The summed E-state index contributed by atoms with van der Waals surface area (Å²) in [6, 6.07) is 44.5. The number of rotatable bonds is 15. The number of carbonyl (C=O) groups excluding carboxylic acids is 2. The van der Waals surface area contributed by atoms with E-state index in [-0.39, 0.29) is 29.3 Å². The number of phenols is 1. The monoisotopic (exact) mass is 1390 g/mol. The molecule has 0 spiro atoms. The molecule has 0 fully saturated rings. The summed E-state index contributed by atoms with van der Waals surface area (Å²) >= 11 is 6.63. The van der Waals surface area contributed by atoms with Crippen molar-refractivity contribution in [2.24, 2.45) is 0 Å². The van der Waals surface area contributed by atoms with Crippen molar-refractivity contribution in [2.75, 3.05) is 77.9 Å². The van der Waals surface area contributed by atoms with E-state index in [4.69, 9.17) is 68.8 Å². The van der Waals surface area contributed by atoms with Gasteiger partial charge in [0.25, 0.3) is 5.95 Å². The van der Waals surface area contributed by atoms with E-state index in [1.54, 1.807) is 112 Å². The van der Waals surface area contributed by atoms with Gasteiger partial charge in [0.2, 0.25) is 12.5 Å². The summed E-state index contributed by atoms with van der Waals surface area (Å²) in [6.45, 7) is 4.01. The number of benzene rings is 7. The van der Waals surface area contributed by atoms with Crippen molar-refractivity contribution in [3.8, 4) is 74.3 Å². The second-order valence-electron chi connectivity index (χ2n) is 19.1. The predicted molar refractivity (Wildman–Crippen MR) is 370 cm³/mol. The standard InChI is InChI=1S/C10H9NO2.C10H14O4.C9H7NO.C9H12O2.C8H8O3.C7H7ClO.C7H7FO.C5H5NO4.C5H5NO3S/c12-5-7-1-2-10-9(3-7)8(6-13)4-11-10;1-11-7-5-8(12-2)10(14-4)9(6-7)13-3;11-6-7-5-10-9-4-2-1-3-8(7)9;1-6-4-8(11-3)5-7(2)9(6)10;1-9-6-2-3-7-8(4-6)11-5-10-7;2*1-9-7-4-2-6(8)3-5-7;2*1-9-5-3-2-4(10-5)6(7)8/h1-4,6,11-12H,5H2;5-6H,1-4H3;1-6,10H;4-5,10H,1-3H3;2-4H,5H2,1H3;2*2-5H,1H3;2*2-3H,1H3. The zero-order valence-electron chi connectivity index (χ0n) is 55.4. The Morgan fingerprint density at radius 2 is 1.08 bits per heavy atom. The number of phenolic OH excluding ortho intramolecular Hbond substituents is 1. The molecule has 0 unspecified atom stereocenters. The van der Waals surface area contributed by atoms with E-state index >= 15 is 0 Å². The van der Waals surface area contributed by atoms with E-state index in [0.717, 1.165) is 102 Å². The molecule has 11 aromatic rings. The molecule has 5 heterocycles. The van der Waals surface area contributed by atoms with Gasteiger partial charge in [0.15, 0.2) is 40.6 Å². The van der Waals surface area contributed by atoms with Crippen LogP contribution in [0.4, 0.5) is 15.3 Å². The molecule has 0 saturated heterocycles. The van der Waals surface area contributed by atoms with Crippen LogP contribution in [0.3, 0.4) is 0 Å². The zero-order chi connectivity index (χ0) is 72.1. The molecule has 1 aliphatic heterocycles. The first-order valence-corrected chi connectivity index (χ1v) is 29.8. The summed E-state index contributed by atoms with van der Waals surface area (Å²) in [4.78, 5) is 46.1. The molecule has 28 heteroatoms. The number of H-pyrrole nitrogens is 2. The van der Waals surface area contributed by atoms with Crippen LogP contribution in [0.15, 0.2) is 175 Å². The van der Waals surface area contributed by atoms with Crippen molar-refractivity contribution < 1.29 is 95.3 Å². The number of aromatic hydroxyl groups is 1. The summed E-state index contributed by atoms with van der Waals surface area (Å²) in [6.07, 6.45) is 5.05. The normalized spacial score (nSPS) is 10.0. The number of fused-ring (bicyclic) bond motifs is 3. The Labute approximate surface area is 572 Å². The van der Waals surface area contributed by atoms with Crippen LogP contribution >= 0.6 is 22.9 Å². The van der Waals surface area contributed by atoms with E-state index in [1.807, 2.05) is 98.8 Å². The van der Waals surface area contributed by atoms with Gasteiger partial charge in [-0.3, -0.25) is 29.8 Å². The lowest BCUT2D eigenvalue weighted by Gasteiger charge is -2.13. The van der Waals surface area contributed by atoms with Gasteiger partial charge in [-0.05, 0) is 139 Å². The van der Waals surface area contributed by atoms with Crippen molar-refractivity contribution in [2.45, 2.75) is 20.5 Å². The highest BCUT2D eigenvalue weighted by atomic mass is 35.5. The fourth-order valence-corrected chi connectivity index (χ4v) is 8.73. The predicted octanol–water partition coefficient (Wildman–Crippen LogP) is 15.7. The van der Waals surface area contributed by atoms with Crippen LogP contribution in [0.2, 0.25) is 5.02 Å². The van der Waals surface area contributed by atoms with Crippen LogP contribution in [0.25, 0.3) is 21.8 Å². The number of nitro groups is 2. The Kier molecular flexibility index (Phi) is 33.7. The van der Waals surface area contributed by atoms with Gasteiger partial charge in [-0.2, -0.15) is 0 Å². The number of nitrogens with one attached hydrogen (secondary N) is 2. The summed E-state index contributed by atoms with van der Waals surface area (Å²) in [5.74, 6) is 6.98. The van der Waals surface area contributed by atoms with Gasteiger partial charge in [0.1, 0.15) is 45.2 Å². The molecular formula is C70H74ClFN4O21S. The van der Waals surface area contributed by atoms with Crippen molar-refractivity contribution in [3.63, 3.8) is 0 Å². The number of para-hydroxylation sites is 1. The van der Waals surface area contributed by atoms with E-state index < -0.39 is 9.85 Å². The third-order valence-corrected chi connectivity index (χ3v) is 14.2. The van der Waals surface area contributed by atoms with Crippen molar-refractivity contribution in [1.82, 2.24) is 9.97 Å². The van der Waals surface area contributed by atoms with Crippen LogP contribution in [0.1, 0.15) is 37.4 Å². The summed E-state index contributed by atoms with van der Waals surface area (Å²) in [7, 11) is 15.6. The largest absolute Gasteiger partial charge is 0.507 e. The van der Waals surface area contributed by atoms with Crippen molar-refractivity contribution >= 4 is 68.2 Å². The molecule has 25 nitrogen and oxygen atoms in total. The molecule has 4 aromatic heterocycles. The van der Waals surface area contributed by atoms with Crippen LogP contribution in [0, 0.1) is 39.9 Å². The molecule has 4 N–H and O–H groups in total. The number of hydrogen-bond donors (Lipinski definition) is 4. The van der Waals surface area contributed by atoms with Crippen LogP contribution < -0.4 is 56.8 Å². The van der Waals surface area contributed by atoms with Crippen LogP contribution in [0.5, 0.6) is 74.3 Å². The minimum absolute atomic E-state index is 0.000578. The van der Waals surface area contributed by atoms with E-state index in [2.05, 4.69) is 19.1 Å². The summed E-state index contributed by atoms with van der Waals surface area (Å²) in [5, 5.41) is 41.6. The smallest absolute Gasteiger partial charge is 0.436 e. The fraction of sp³-hybridized carbons (Fsp3) is 0.200. The lowest BCUT2D eigenvalue weighted by molar-refractivity contribution is -0.402. The number of hydrogen-bond acceptors (Lipinski definition) is 22. The van der Waals surface area contributed by atoms with Gasteiger partial charge in [-0.25, -0.2) is 4.39 Å². The molecule has 12 rings (SSSR count). The number of nitrogens with zero attached hydrogens (tertiary/aromatic N) is 2. The summed E-state index contributed by atoms with van der Waals surface area (Å²) < 4.78 is 76.6. The quantitative estimate of drug-likeness (QED) is 0.0421. The first-order valence-electron chi connectivity index (χ1n) is 28.7. The Morgan fingerprint density at radius 1 is 0.551 bits per heavy atom. The van der Waals surface area contributed by atoms with Crippen molar-refractivity contribution in [1.29, 1.82) is 0 Å². The van der Waals surface area contributed by atoms with Gasteiger partial charge >= 0.3 is 10.9 Å². The average Bonchev–Trinajstić information content (AvgIpc) is 1.64. The Morgan fingerprint density at radius 3 is 1.55 bits per heavy atom. The number of aryl methyl sites for hydroxylation is 2. The Bertz CT molecular complexity index is 4090. The third kappa shape index (κ3) is 24.9. The number of aromatic nitrogens is 2. The summed E-state index contributed by atoms with van der Waals surface area (Å²) in [5.41, 5.74) is 5.79. The SMILES string of the molecule is COc1cc(C)c(O)c(C)c1.COc1cc(OC)c(OC)c(OC)c1.COc1ccc(Cl)cc1.COc1ccc(F)cc1.COc1ccc([N+](=O)[O-])o1.COc1ccc([N+](=O)[O-])s1.COc1ccc2c(c1)OCO2.O=Cc1c[nH]c2ccc(CO)cc12.O=Cc1c[nH]c2ccccc12. The molecule has 520 valence electrons. The molecule has 0 aliphatic carbocycles. The van der Waals surface area contributed by atoms with Crippen molar-refractivity contribution in [3.05, 3.63) is 229 Å². The molecule has 0 amide bonds. The van der Waals surface area contributed by atoms with Gasteiger partial charge < -0.3 is 81.4 Å². The van der Waals surface area contributed by atoms with Gasteiger partial charge in [0.05, 0.1) is 88.7 Å². The topological polar surface area (TPSA) is 316 Å². The number of aldehydes is 2. The number of halogens is 2. The molecule has 98 heavy (non-hydrogen) atoms. The van der Waals surface area contributed by atoms with Gasteiger partial charge in [0, 0.05) is 80.7 Å². The molecule has 0 bridgehead atoms. The Balaban J connectivity index is 0.000000235. The second kappa shape index (κ2) is 41.9. The van der Waals surface area contributed by atoms with Crippen LogP contribution in [-0.2, 0) is 6.61 Å². The number of ether oxygens (including phenoxy) is 12. The number of aromatic amines is 2. The number of thiophene rings is 1. The second-order valence-corrected chi connectivity index (χ2v) is 20.6. The highest BCUT2D eigenvalue weighted by Crippen LogP contribution is 2.41. The number of aliphatic hydroxyl groups is 1. The first kappa shape index (κ1) is 78.8. The maximum atomic E-state index is 12.2. The fourth-order valence-electron chi connectivity index (χ4n) is 7.97. The molecule has 0 radical (unpaired) electrons. The zero-order valence-corrected chi connectivity index (χ0v) is 57.0. The number of methoxy groups -OCH3 is 10. The number of furan rings is 1. The average molecular weight is 1390 g/mol. The maximum absolute atomic E-state index is 12.2. The van der Waals surface area contributed by atoms with Crippen LogP contribution in [-0.4, -0.2) is 120 Å². The Hall–Kier alpha value is -11.7. The third-order valence-electron chi connectivity index (χ3n) is 13.0. The highest BCUT2D eigenvalue weighted by Gasteiger charge is 2.15. The highest BCUT2D eigenvalue weighted by molar-refractivity contribution is 7.17. The van der Waals surface area contributed by atoms with Gasteiger partial charge in [-0.15, -0.1) is 0 Å². The van der Waals surface area contributed by atoms with Gasteiger partial charge in [-0.1, -0.05) is 35.9 Å². The lowest BCUT2D eigenvalue weighted by Crippen LogP contribution is -1.95. The number of aliphatic hydroxyl groups excluding tert-OH is 1. The number of carbonyl (C=O) groups is 2. The molecule has 0 atom stereocenters. The molecular weight excluding hydrogens is 1320 g/mol. The minimum atomic E-state index is -0.622. The van der Waals surface area contributed by atoms with E-state index in [1.165, 1.54) is 44.6 Å².